The molecule has 2 aromatic rings. The van der Waals surface area contributed by atoms with Crippen LogP contribution in [0.15, 0.2) is 18.6 Å². The Kier molecular flexibility index (Phi) is 4.92. The van der Waals surface area contributed by atoms with Crippen molar-refractivity contribution in [3.8, 4) is 0 Å². The maximum atomic E-state index is 12.0. The summed E-state index contributed by atoms with van der Waals surface area (Å²) in [4.78, 5) is 19.7. The van der Waals surface area contributed by atoms with Crippen LogP contribution in [0.2, 0.25) is 0 Å². The molecule has 8 heteroatoms. The van der Waals surface area contributed by atoms with Gasteiger partial charge in [-0.3, -0.25) is 14.4 Å². The van der Waals surface area contributed by atoms with Gasteiger partial charge < -0.3 is 11.1 Å². The van der Waals surface area contributed by atoms with Crippen LogP contribution in [0.4, 0.5) is 5.13 Å². The Morgan fingerprint density at radius 2 is 2.22 bits per heavy atom. The van der Waals surface area contributed by atoms with E-state index in [0.29, 0.717) is 16.6 Å². The van der Waals surface area contributed by atoms with Crippen molar-refractivity contribution in [3.63, 3.8) is 0 Å². The summed E-state index contributed by atoms with van der Waals surface area (Å²) in [5.41, 5.74) is 6.28. The van der Waals surface area contributed by atoms with Crippen LogP contribution >= 0.6 is 11.3 Å². The highest BCUT2D eigenvalue weighted by Gasteiger charge is 2.20. The number of carbonyl (C=O) groups is 1. The molecule has 3 N–H and O–H groups in total. The quantitative estimate of drug-likeness (QED) is 0.855. The molecule has 1 aliphatic heterocycles. The molecule has 0 bridgehead atoms. The normalized spacial score (nSPS) is 16.6. The van der Waals surface area contributed by atoms with Crippen molar-refractivity contribution in [1.29, 1.82) is 0 Å². The fraction of sp³-hybridized carbons (Fsp3) is 0.533. The van der Waals surface area contributed by atoms with Gasteiger partial charge in [-0.2, -0.15) is 5.10 Å². The molecule has 0 saturated carbocycles. The maximum Gasteiger partial charge on any atom is 0.254 e. The molecule has 2 aromatic heterocycles. The minimum Gasteiger partial charge on any atom is -0.375 e. The average molecular weight is 334 g/mol. The first-order chi connectivity index (χ1) is 11.1. The van der Waals surface area contributed by atoms with Crippen LogP contribution in [0.5, 0.6) is 0 Å². The lowest BCUT2D eigenvalue weighted by Crippen LogP contribution is -2.38. The highest BCUT2D eigenvalue weighted by atomic mass is 32.1. The van der Waals surface area contributed by atoms with Crippen LogP contribution in [0.1, 0.15) is 28.1 Å². The zero-order valence-corrected chi connectivity index (χ0v) is 14.1. The van der Waals surface area contributed by atoms with E-state index in [2.05, 4.69) is 20.3 Å². The largest absolute Gasteiger partial charge is 0.375 e. The molecule has 7 nitrogen and oxygen atoms in total. The van der Waals surface area contributed by atoms with Gasteiger partial charge in [0, 0.05) is 37.4 Å². The number of carbonyl (C=O) groups excluding carboxylic acids is 1. The number of nitrogens with one attached hydrogen (secondary N) is 1. The molecule has 1 amide bonds. The molecular formula is C15H22N6OS. The Morgan fingerprint density at radius 3 is 2.83 bits per heavy atom. The number of anilines is 1. The van der Waals surface area contributed by atoms with E-state index in [1.165, 1.54) is 4.88 Å². The van der Waals surface area contributed by atoms with E-state index in [1.807, 2.05) is 13.2 Å². The number of piperidine rings is 1. The number of thiazole rings is 1. The topological polar surface area (TPSA) is 89.1 Å². The van der Waals surface area contributed by atoms with Gasteiger partial charge in [0.1, 0.15) is 0 Å². The summed E-state index contributed by atoms with van der Waals surface area (Å²) < 4.78 is 1.64. The van der Waals surface area contributed by atoms with E-state index in [0.717, 1.165) is 39.0 Å². The number of likely N-dealkylation sites (tertiary alicyclic amines) is 1. The highest BCUT2D eigenvalue weighted by molar-refractivity contribution is 7.15. The summed E-state index contributed by atoms with van der Waals surface area (Å²) >= 11 is 1.56. The van der Waals surface area contributed by atoms with E-state index in [4.69, 9.17) is 5.73 Å². The second kappa shape index (κ2) is 7.10. The predicted octanol–water partition coefficient (Wildman–Crippen LogP) is 1.10. The lowest BCUT2D eigenvalue weighted by atomic mass is 9.96. The highest BCUT2D eigenvalue weighted by Crippen LogP contribution is 2.21. The third-order valence-corrected chi connectivity index (χ3v) is 4.99. The lowest BCUT2D eigenvalue weighted by molar-refractivity contribution is 0.0935. The number of hydrogen-bond acceptors (Lipinski definition) is 6. The summed E-state index contributed by atoms with van der Waals surface area (Å²) in [6.45, 7) is 3.75. The van der Waals surface area contributed by atoms with Crippen LogP contribution in [0.25, 0.3) is 0 Å². The number of amides is 1. The molecular weight excluding hydrogens is 312 g/mol. The average Bonchev–Trinajstić information content (AvgIpc) is 3.15. The van der Waals surface area contributed by atoms with Gasteiger partial charge >= 0.3 is 0 Å². The Labute approximate surface area is 139 Å². The summed E-state index contributed by atoms with van der Waals surface area (Å²) in [7, 11) is 1.81. The first-order valence-electron chi connectivity index (χ1n) is 7.79. The van der Waals surface area contributed by atoms with Crippen molar-refractivity contribution in [2.75, 3.05) is 25.4 Å². The number of nitrogen functional groups attached to an aromatic ring is 1. The van der Waals surface area contributed by atoms with E-state index >= 15 is 0 Å². The smallest absolute Gasteiger partial charge is 0.254 e. The van der Waals surface area contributed by atoms with Crippen molar-refractivity contribution in [3.05, 3.63) is 29.0 Å². The fourth-order valence-corrected chi connectivity index (χ4v) is 3.57. The van der Waals surface area contributed by atoms with Gasteiger partial charge in [-0.25, -0.2) is 4.98 Å². The van der Waals surface area contributed by atoms with Gasteiger partial charge in [-0.15, -0.1) is 11.3 Å². The molecule has 0 atom stereocenters. The van der Waals surface area contributed by atoms with E-state index < -0.39 is 0 Å². The molecule has 23 heavy (non-hydrogen) atoms. The SMILES string of the molecule is Cn1cc(C(=O)NCC2CCN(Cc3cnc(N)s3)CC2)cn1. The third-order valence-electron chi connectivity index (χ3n) is 4.18. The molecule has 0 radical (unpaired) electrons. The van der Waals surface area contributed by atoms with Gasteiger partial charge in [0.15, 0.2) is 5.13 Å². The zero-order valence-electron chi connectivity index (χ0n) is 13.2. The van der Waals surface area contributed by atoms with E-state index in [9.17, 15) is 4.79 Å². The lowest BCUT2D eigenvalue weighted by Gasteiger charge is -2.31. The number of aromatic nitrogens is 3. The second-order valence-electron chi connectivity index (χ2n) is 6.00. The molecule has 1 saturated heterocycles. The first kappa shape index (κ1) is 15.9. The Morgan fingerprint density at radius 1 is 1.43 bits per heavy atom. The third kappa shape index (κ3) is 4.29. The van der Waals surface area contributed by atoms with Crippen LogP contribution < -0.4 is 11.1 Å². The summed E-state index contributed by atoms with van der Waals surface area (Å²) in [5, 5.41) is 7.67. The Bertz CT molecular complexity index is 658. The molecule has 0 spiro atoms. The number of rotatable bonds is 5. The van der Waals surface area contributed by atoms with Gasteiger partial charge in [-0.05, 0) is 31.8 Å². The number of nitrogens with zero attached hydrogens (tertiary/aromatic N) is 4. The van der Waals surface area contributed by atoms with Crippen LogP contribution in [-0.4, -0.2) is 45.2 Å². The minimum atomic E-state index is -0.0411. The molecule has 0 aliphatic carbocycles. The van der Waals surface area contributed by atoms with Gasteiger partial charge in [0.25, 0.3) is 5.91 Å². The Hall–Kier alpha value is -1.93. The van der Waals surface area contributed by atoms with Crippen molar-refractivity contribution in [1.82, 2.24) is 25.0 Å². The predicted molar refractivity (Wildman–Crippen MR) is 90.1 cm³/mol. The van der Waals surface area contributed by atoms with Gasteiger partial charge in [0.2, 0.25) is 0 Å². The number of nitrogens with two attached hydrogens (primary N) is 1. The summed E-state index contributed by atoms with van der Waals surface area (Å²) in [6.07, 6.45) is 7.39. The van der Waals surface area contributed by atoms with Crippen molar-refractivity contribution in [2.24, 2.45) is 13.0 Å². The Balaban J connectivity index is 1.40. The minimum absolute atomic E-state index is 0.0411. The van der Waals surface area contributed by atoms with E-state index in [1.54, 1.807) is 28.4 Å². The fourth-order valence-electron chi connectivity index (χ4n) is 2.84. The van der Waals surface area contributed by atoms with Gasteiger partial charge in [0.05, 0.1) is 11.8 Å². The second-order valence-corrected chi connectivity index (χ2v) is 7.14. The molecule has 1 fully saturated rings. The molecule has 3 rings (SSSR count). The van der Waals surface area contributed by atoms with Crippen LogP contribution in [-0.2, 0) is 13.6 Å². The van der Waals surface area contributed by atoms with Gasteiger partial charge in [-0.1, -0.05) is 0 Å². The molecule has 0 aromatic carbocycles. The molecule has 1 aliphatic rings. The zero-order chi connectivity index (χ0) is 16.2. The van der Waals surface area contributed by atoms with E-state index in [-0.39, 0.29) is 5.91 Å². The summed E-state index contributed by atoms with van der Waals surface area (Å²) in [5.74, 6) is 0.499. The number of hydrogen-bond donors (Lipinski definition) is 2. The van der Waals surface area contributed by atoms with Crippen LogP contribution in [0.3, 0.4) is 0 Å². The first-order valence-corrected chi connectivity index (χ1v) is 8.61. The maximum absolute atomic E-state index is 12.0. The summed E-state index contributed by atoms with van der Waals surface area (Å²) in [6, 6.07) is 0. The molecule has 124 valence electrons. The monoisotopic (exact) mass is 334 g/mol. The van der Waals surface area contributed by atoms with Crippen LogP contribution in [0, 0.1) is 5.92 Å². The van der Waals surface area contributed by atoms with Crippen molar-refractivity contribution < 1.29 is 4.79 Å². The van der Waals surface area contributed by atoms with Crippen molar-refractivity contribution >= 4 is 22.4 Å². The standard InChI is InChI=1S/C15H22N6OS/c1-20-9-12(7-19-20)14(22)17-6-11-2-4-21(5-3-11)10-13-8-18-15(16)23-13/h7-9,11H,2-6,10H2,1H3,(H2,16,18)(H,17,22). The molecule has 3 heterocycles. The van der Waals surface area contributed by atoms with Crippen molar-refractivity contribution in [2.45, 2.75) is 19.4 Å². The molecule has 0 unspecified atom stereocenters. The number of aryl methyl sites for hydroxylation is 1.